The van der Waals surface area contributed by atoms with Gasteiger partial charge in [-0.1, -0.05) is 0 Å². The average molecular weight is 182 g/mol. The summed E-state index contributed by atoms with van der Waals surface area (Å²) in [5.41, 5.74) is 5.33. The zero-order valence-corrected chi connectivity index (χ0v) is 7.73. The van der Waals surface area contributed by atoms with Gasteiger partial charge in [-0.05, 0) is 19.8 Å². The SMILES string of the molecule is CC1(Cn2cnc(N)n2)CCCO1. The number of ether oxygens (including phenoxy) is 1. The first-order chi connectivity index (χ1) is 6.18. The van der Waals surface area contributed by atoms with E-state index in [9.17, 15) is 0 Å². The summed E-state index contributed by atoms with van der Waals surface area (Å²) < 4.78 is 7.36. The van der Waals surface area contributed by atoms with Crippen LogP contribution in [0.1, 0.15) is 19.8 Å². The zero-order valence-electron chi connectivity index (χ0n) is 7.73. The number of hydrogen-bond acceptors (Lipinski definition) is 4. The Morgan fingerprint density at radius 3 is 3.15 bits per heavy atom. The Morgan fingerprint density at radius 1 is 1.77 bits per heavy atom. The Hall–Kier alpha value is -1.10. The quantitative estimate of drug-likeness (QED) is 0.720. The first-order valence-corrected chi connectivity index (χ1v) is 4.47. The fourth-order valence-electron chi connectivity index (χ4n) is 1.69. The summed E-state index contributed by atoms with van der Waals surface area (Å²) in [5, 5.41) is 4.02. The van der Waals surface area contributed by atoms with Crippen molar-refractivity contribution in [3.8, 4) is 0 Å². The third kappa shape index (κ3) is 1.80. The van der Waals surface area contributed by atoms with Crippen molar-refractivity contribution in [2.75, 3.05) is 12.3 Å². The Balaban J connectivity index is 2.04. The van der Waals surface area contributed by atoms with E-state index in [4.69, 9.17) is 10.5 Å². The number of anilines is 1. The van der Waals surface area contributed by atoms with Gasteiger partial charge in [0.25, 0.3) is 0 Å². The Morgan fingerprint density at radius 2 is 2.62 bits per heavy atom. The van der Waals surface area contributed by atoms with E-state index >= 15 is 0 Å². The van der Waals surface area contributed by atoms with Gasteiger partial charge in [0.2, 0.25) is 5.95 Å². The average Bonchev–Trinajstić information content (AvgIpc) is 2.62. The van der Waals surface area contributed by atoms with Crippen LogP contribution in [0, 0.1) is 0 Å². The van der Waals surface area contributed by atoms with Crippen LogP contribution in [-0.2, 0) is 11.3 Å². The molecule has 1 aromatic heterocycles. The van der Waals surface area contributed by atoms with Crippen molar-refractivity contribution >= 4 is 5.95 Å². The van der Waals surface area contributed by atoms with Crippen LogP contribution in [-0.4, -0.2) is 27.0 Å². The predicted molar refractivity (Wildman–Crippen MR) is 48.0 cm³/mol. The highest BCUT2D eigenvalue weighted by molar-refractivity contribution is 5.09. The number of nitrogens with zero attached hydrogens (tertiary/aromatic N) is 3. The molecule has 0 aliphatic carbocycles. The second-order valence-electron chi connectivity index (χ2n) is 3.70. The maximum absolute atomic E-state index is 5.62. The Labute approximate surface area is 76.9 Å². The van der Waals surface area contributed by atoms with Crippen molar-refractivity contribution in [1.82, 2.24) is 14.8 Å². The third-order valence-electron chi connectivity index (χ3n) is 2.35. The molecule has 2 N–H and O–H groups in total. The topological polar surface area (TPSA) is 66.0 Å². The van der Waals surface area contributed by atoms with Gasteiger partial charge < -0.3 is 10.5 Å². The van der Waals surface area contributed by atoms with Crippen LogP contribution in [0.3, 0.4) is 0 Å². The summed E-state index contributed by atoms with van der Waals surface area (Å²) in [4.78, 5) is 3.86. The van der Waals surface area contributed by atoms with E-state index in [0.29, 0.717) is 5.95 Å². The first kappa shape index (κ1) is 8.50. The van der Waals surface area contributed by atoms with Gasteiger partial charge >= 0.3 is 0 Å². The molecule has 5 heteroatoms. The fraction of sp³-hybridized carbons (Fsp3) is 0.750. The van der Waals surface area contributed by atoms with Crippen LogP contribution in [0.15, 0.2) is 6.33 Å². The monoisotopic (exact) mass is 182 g/mol. The highest BCUT2D eigenvalue weighted by atomic mass is 16.5. The summed E-state index contributed by atoms with van der Waals surface area (Å²) in [6, 6.07) is 0. The lowest BCUT2D eigenvalue weighted by Crippen LogP contribution is -2.29. The van der Waals surface area contributed by atoms with Crippen molar-refractivity contribution in [3.63, 3.8) is 0 Å². The molecule has 2 rings (SSSR count). The molecule has 1 aliphatic heterocycles. The van der Waals surface area contributed by atoms with Crippen LogP contribution in [0.5, 0.6) is 0 Å². The molecule has 0 spiro atoms. The molecule has 1 saturated heterocycles. The molecule has 72 valence electrons. The molecule has 0 radical (unpaired) electrons. The molecule has 1 aromatic rings. The molecular weight excluding hydrogens is 168 g/mol. The molecule has 0 amide bonds. The minimum Gasteiger partial charge on any atom is -0.373 e. The second-order valence-corrected chi connectivity index (χ2v) is 3.70. The van der Waals surface area contributed by atoms with E-state index in [-0.39, 0.29) is 5.60 Å². The third-order valence-corrected chi connectivity index (χ3v) is 2.35. The number of hydrogen-bond donors (Lipinski definition) is 1. The second kappa shape index (κ2) is 2.99. The standard InChI is InChI=1S/C8H14N4O/c1-8(3-2-4-13-8)5-12-6-10-7(9)11-12/h6H,2-5H2,1H3,(H2,9,11). The van der Waals surface area contributed by atoms with Crippen LogP contribution < -0.4 is 5.73 Å². The minimum absolute atomic E-state index is 0.0832. The van der Waals surface area contributed by atoms with E-state index in [1.54, 1.807) is 11.0 Å². The van der Waals surface area contributed by atoms with Crippen molar-refractivity contribution in [1.29, 1.82) is 0 Å². The molecule has 1 atom stereocenters. The molecule has 13 heavy (non-hydrogen) atoms. The van der Waals surface area contributed by atoms with Crippen molar-refractivity contribution in [2.24, 2.45) is 0 Å². The predicted octanol–water partition coefficient (Wildman–Crippen LogP) is 0.429. The van der Waals surface area contributed by atoms with Gasteiger partial charge in [-0.25, -0.2) is 9.67 Å². The van der Waals surface area contributed by atoms with Gasteiger partial charge in [0.05, 0.1) is 12.1 Å². The summed E-state index contributed by atoms with van der Waals surface area (Å²) in [6.45, 7) is 3.68. The van der Waals surface area contributed by atoms with Crippen molar-refractivity contribution in [3.05, 3.63) is 6.33 Å². The van der Waals surface area contributed by atoms with Crippen LogP contribution in [0.2, 0.25) is 0 Å². The van der Waals surface area contributed by atoms with Crippen LogP contribution >= 0.6 is 0 Å². The molecule has 1 unspecified atom stereocenters. The fourth-order valence-corrected chi connectivity index (χ4v) is 1.69. The maximum Gasteiger partial charge on any atom is 0.239 e. The van der Waals surface area contributed by atoms with Crippen molar-refractivity contribution in [2.45, 2.75) is 31.9 Å². The molecule has 0 aromatic carbocycles. The smallest absolute Gasteiger partial charge is 0.239 e. The minimum atomic E-state index is -0.0832. The Kier molecular flexibility index (Phi) is 1.95. The van der Waals surface area contributed by atoms with Gasteiger partial charge in [0.15, 0.2) is 0 Å². The summed E-state index contributed by atoms with van der Waals surface area (Å²) in [6.07, 6.45) is 3.84. The molecule has 2 heterocycles. The van der Waals surface area contributed by atoms with E-state index in [1.807, 2.05) is 0 Å². The van der Waals surface area contributed by atoms with Gasteiger partial charge in [-0.3, -0.25) is 0 Å². The van der Waals surface area contributed by atoms with Crippen molar-refractivity contribution < 1.29 is 4.74 Å². The normalized spacial score (nSPS) is 28.1. The molecule has 0 saturated carbocycles. The largest absolute Gasteiger partial charge is 0.373 e. The highest BCUT2D eigenvalue weighted by Gasteiger charge is 2.30. The molecule has 1 aliphatic rings. The summed E-state index contributed by atoms with van der Waals surface area (Å²) in [5.74, 6) is 0.321. The zero-order chi connectivity index (χ0) is 9.31. The lowest BCUT2D eigenvalue weighted by atomic mass is 10.0. The maximum atomic E-state index is 5.62. The lowest BCUT2D eigenvalue weighted by Gasteiger charge is -2.22. The highest BCUT2D eigenvalue weighted by Crippen LogP contribution is 2.26. The number of rotatable bonds is 2. The molecule has 5 nitrogen and oxygen atoms in total. The molecule has 0 bridgehead atoms. The van der Waals surface area contributed by atoms with Gasteiger partial charge in [-0.15, -0.1) is 5.10 Å². The number of nitrogen functional groups attached to an aromatic ring is 1. The number of nitrogens with two attached hydrogens (primary N) is 1. The van der Waals surface area contributed by atoms with E-state index in [1.165, 1.54) is 0 Å². The first-order valence-electron chi connectivity index (χ1n) is 4.47. The van der Waals surface area contributed by atoms with Gasteiger partial charge in [0.1, 0.15) is 6.33 Å². The summed E-state index contributed by atoms with van der Waals surface area (Å²) in [7, 11) is 0. The van der Waals surface area contributed by atoms with E-state index in [0.717, 1.165) is 26.0 Å². The number of aromatic nitrogens is 3. The molecular formula is C8H14N4O. The Bertz CT molecular complexity index is 290. The lowest BCUT2D eigenvalue weighted by molar-refractivity contribution is 0.00356. The van der Waals surface area contributed by atoms with E-state index < -0.39 is 0 Å². The van der Waals surface area contributed by atoms with Gasteiger partial charge in [-0.2, -0.15) is 0 Å². The van der Waals surface area contributed by atoms with Crippen LogP contribution in [0.4, 0.5) is 5.95 Å². The van der Waals surface area contributed by atoms with E-state index in [2.05, 4.69) is 17.0 Å². The van der Waals surface area contributed by atoms with Gasteiger partial charge in [0, 0.05) is 6.61 Å². The summed E-state index contributed by atoms with van der Waals surface area (Å²) >= 11 is 0. The van der Waals surface area contributed by atoms with Crippen LogP contribution in [0.25, 0.3) is 0 Å². The molecule has 1 fully saturated rings.